The summed E-state index contributed by atoms with van der Waals surface area (Å²) in [5.74, 6) is 1.02. The van der Waals surface area contributed by atoms with Gasteiger partial charge in [0.2, 0.25) is 0 Å². The number of hydrogen-bond acceptors (Lipinski definition) is 3. The SMILES string of the molecule is COc1cc(C#N)cc(Br)c1OCc1ccc(Cl)c(Cl)c1. The van der Waals surface area contributed by atoms with Crippen molar-refractivity contribution in [3.63, 3.8) is 0 Å². The molecule has 6 heteroatoms. The molecule has 2 aromatic carbocycles. The molecule has 0 aliphatic rings. The van der Waals surface area contributed by atoms with Crippen molar-refractivity contribution < 1.29 is 9.47 Å². The summed E-state index contributed by atoms with van der Waals surface area (Å²) < 4.78 is 11.7. The summed E-state index contributed by atoms with van der Waals surface area (Å²) >= 11 is 15.2. The average molecular weight is 387 g/mol. The van der Waals surface area contributed by atoms with E-state index in [0.717, 1.165) is 5.56 Å². The number of hydrogen-bond donors (Lipinski definition) is 0. The molecule has 0 radical (unpaired) electrons. The van der Waals surface area contributed by atoms with Gasteiger partial charge in [0.25, 0.3) is 0 Å². The number of benzene rings is 2. The third-order valence-corrected chi connectivity index (χ3v) is 4.05. The number of nitriles is 1. The first-order valence-electron chi connectivity index (χ1n) is 5.89. The van der Waals surface area contributed by atoms with Gasteiger partial charge in [-0.15, -0.1) is 0 Å². The monoisotopic (exact) mass is 385 g/mol. The highest BCUT2D eigenvalue weighted by Gasteiger charge is 2.12. The Bertz CT molecular complexity index is 714. The lowest BCUT2D eigenvalue weighted by molar-refractivity contribution is 0.282. The quantitative estimate of drug-likeness (QED) is 0.723. The van der Waals surface area contributed by atoms with Gasteiger partial charge in [0.15, 0.2) is 11.5 Å². The van der Waals surface area contributed by atoms with Crippen LogP contribution < -0.4 is 9.47 Å². The fourth-order valence-electron chi connectivity index (χ4n) is 1.71. The number of rotatable bonds is 4. The summed E-state index contributed by atoms with van der Waals surface area (Å²) in [6.07, 6.45) is 0. The Kier molecular flexibility index (Phi) is 5.35. The summed E-state index contributed by atoms with van der Waals surface area (Å²) in [4.78, 5) is 0. The molecule has 0 saturated carbocycles. The smallest absolute Gasteiger partial charge is 0.175 e. The molecule has 0 atom stereocenters. The van der Waals surface area contributed by atoms with Gasteiger partial charge in [-0.1, -0.05) is 29.3 Å². The maximum Gasteiger partial charge on any atom is 0.175 e. The van der Waals surface area contributed by atoms with E-state index in [1.54, 1.807) is 24.3 Å². The lowest BCUT2D eigenvalue weighted by Gasteiger charge is -2.13. The van der Waals surface area contributed by atoms with Crippen molar-refractivity contribution in [1.29, 1.82) is 5.26 Å². The second-order valence-corrected chi connectivity index (χ2v) is 5.81. The van der Waals surface area contributed by atoms with Gasteiger partial charge in [0.1, 0.15) is 6.61 Å². The van der Waals surface area contributed by atoms with Crippen LogP contribution in [0.1, 0.15) is 11.1 Å². The van der Waals surface area contributed by atoms with E-state index in [4.69, 9.17) is 37.9 Å². The first kappa shape index (κ1) is 16.0. The molecule has 0 N–H and O–H groups in total. The van der Waals surface area contributed by atoms with Crippen molar-refractivity contribution in [1.82, 2.24) is 0 Å². The first-order valence-corrected chi connectivity index (χ1v) is 7.44. The van der Waals surface area contributed by atoms with Crippen LogP contribution >= 0.6 is 39.1 Å². The predicted octanol–water partition coefficient (Wildman–Crippen LogP) is 5.22. The Balaban J connectivity index is 2.23. The molecule has 108 valence electrons. The van der Waals surface area contributed by atoms with Gasteiger partial charge in [-0.2, -0.15) is 5.26 Å². The molecule has 0 unspecified atom stereocenters. The molecule has 0 aromatic heterocycles. The molecule has 0 amide bonds. The molecule has 0 fully saturated rings. The van der Waals surface area contributed by atoms with Gasteiger partial charge >= 0.3 is 0 Å². The predicted molar refractivity (Wildman–Crippen MR) is 86.2 cm³/mol. The Hall–Kier alpha value is -1.41. The van der Waals surface area contributed by atoms with Crippen LogP contribution in [-0.2, 0) is 6.61 Å². The maximum atomic E-state index is 8.94. The fraction of sp³-hybridized carbons (Fsp3) is 0.133. The zero-order valence-electron chi connectivity index (χ0n) is 11.0. The van der Waals surface area contributed by atoms with E-state index in [9.17, 15) is 0 Å². The molecule has 21 heavy (non-hydrogen) atoms. The molecule has 0 spiro atoms. The molecule has 3 nitrogen and oxygen atoms in total. The van der Waals surface area contributed by atoms with Crippen molar-refractivity contribution in [3.05, 3.63) is 56.0 Å². The Morgan fingerprint density at radius 2 is 1.95 bits per heavy atom. The van der Waals surface area contributed by atoms with Crippen LogP contribution in [0.3, 0.4) is 0 Å². The minimum atomic E-state index is 0.303. The van der Waals surface area contributed by atoms with E-state index in [1.165, 1.54) is 7.11 Å². The van der Waals surface area contributed by atoms with Crippen LogP contribution in [0.25, 0.3) is 0 Å². The van der Waals surface area contributed by atoms with Crippen LogP contribution in [0.15, 0.2) is 34.8 Å². The fourth-order valence-corrected chi connectivity index (χ4v) is 2.59. The summed E-state index contributed by atoms with van der Waals surface area (Å²) in [6.45, 7) is 0.303. The van der Waals surface area contributed by atoms with Gasteiger partial charge in [-0.25, -0.2) is 0 Å². The van der Waals surface area contributed by atoms with Crippen LogP contribution in [0, 0.1) is 11.3 Å². The van der Waals surface area contributed by atoms with Gasteiger partial charge in [-0.3, -0.25) is 0 Å². The van der Waals surface area contributed by atoms with Gasteiger partial charge < -0.3 is 9.47 Å². The van der Waals surface area contributed by atoms with E-state index in [2.05, 4.69) is 22.0 Å². The highest BCUT2D eigenvalue weighted by atomic mass is 79.9. The lowest BCUT2D eigenvalue weighted by Crippen LogP contribution is -1.99. The van der Waals surface area contributed by atoms with Crippen molar-refractivity contribution in [2.24, 2.45) is 0 Å². The van der Waals surface area contributed by atoms with Crippen LogP contribution in [0.5, 0.6) is 11.5 Å². The van der Waals surface area contributed by atoms with Gasteiger partial charge in [-0.05, 0) is 39.7 Å². The topological polar surface area (TPSA) is 42.2 Å². The second-order valence-electron chi connectivity index (χ2n) is 4.14. The Morgan fingerprint density at radius 1 is 1.19 bits per heavy atom. The zero-order chi connectivity index (χ0) is 15.4. The molecule has 0 aliphatic heterocycles. The minimum Gasteiger partial charge on any atom is -0.493 e. The van der Waals surface area contributed by atoms with Crippen molar-refractivity contribution in [2.45, 2.75) is 6.61 Å². The maximum absolute atomic E-state index is 8.94. The third kappa shape index (κ3) is 3.82. The summed E-state index contributed by atoms with van der Waals surface area (Å²) in [5.41, 5.74) is 1.36. The van der Waals surface area contributed by atoms with Crippen LogP contribution in [0.2, 0.25) is 10.0 Å². The average Bonchev–Trinajstić information content (AvgIpc) is 2.48. The molecular formula is C15H10BrCl2NO2. The third-order valence-electron chi connectivity index (χ3n) is 2.73. The zero-order valence-corrected chi connectivity index (χ0v) is 14.1. The number of halogens is 3. The highest BCUT2D eigenvalue weighted by Crippen LogP contribution is 2.37. The first-order chi connectivity index (χ1) is 10.0. The Morgan fingerprint density at radius 3 is 2.57 bits per heavy atom. The molecular weight excluding hydrogens is 377 g/mol. The van der Waals surface area contributed by atoms with Crippen LogP contribution in [-0.4, -0.2) is 7.11 Å². The highest BCUT2D eigenvalue weighted by molar-refractivity contribution is 9.10. The number of ether oxygens (including phenoxy) is 2. The normalized spacial score (nSPS) is 10.0. The Labute approximate surface area is 141 Å². The van der Waals surface area contributed by atoms with E-state index < -0.39 is 0 Å². The molecule has 0 saturated heterocycles. The number of nitrogens with zero attached hydrogens (tertiary/aromatic N) is 1. The van der Waals surface area contributed by atoms with E-state index in [-0.39, 0.29) is 0 Å². The summed E-state index contributed by atoms with van der Waals surface area (Å²) in [6, 6.07) is 10.6. The van der Waals surface area contributed by atoms with E-state index in [0.29, 0.717) is 38.2 Å². The number of methoxy groups -OCH3 is 1. The van der Waals surface area contributed by atoms with Crippen molar-refractivity contribution in [2.75, 3.05) is 7.11 Å². The standard InChI is InChI=1S/C15H10BrCl2NO2/c1-20-14-6-10(7-19)4-11(16)15(14)21-8-9-2-3-12(17)13(18)5-9/h2-6H,8H2,1H3. The molecule has 0 heterocycles. The second kappa shape index (κ2) is 7.04. The summed E-state index contributed by atoms with van der Waals surface area (Å²) in [7, 11) is 1.52. The molecule has 2 rings (SSSR count). The van der Waals surface area contributed by atoms with Crippen molar-refractivity contribution in [3.8, 4) is 17.6 Å². The molecule has 2 aromatic rings. The molecule has 0 aliphatic carbocycles. The molecule has 0 bridgehead atoms. The van der Waals surface area contributed by atoms with Crippen LogP contribution in [0.4, 0.5) is 0 Å². The van der Waals surface area contributed by atoms with Gasteiger partial charge in [0.05, 0.1) is 33.3 Å². The largest absolute Gasteiger partial charge is 0.493 e. The van der Waals surface area contributed by atoms with Gasteiger partial charge in [0, 0.05) is 6.07 Å². The van der Waals surface area contributed by atoms with E-state index >= 15 is 0 Å². The van der Waals surface area contributed by atoms with E-state index in [1.807, 2.05) is 6.07 Å². The minimum absolute atomic E-state index is 0.303. The van der Waals surface area contributed by atoms with Crippen molar-refractivity contribution >= 4 is 39.1 Å². The summed E-state index contributed by atoms with van der Waals surface area (Å²) in [5, 5.41) is 9.92. The lowest BCUT2D eigenvalue weighted by atomic mass is 10.2.